The molecular weight excluding hydrogens is 316 g/mol. The van der Waals surface area contributed by atoms with Gasteiger partial charge in [-0.2, -0.15) is 5.10 Å². The van der Waals surface area contributed by atoms with E-state index in [0.29, 0.717) is 5.56 Å². The van der Waals surface area contributed by atoms with Gasteiger partial charge in [0.15, 0.2) is 0 Å². The number of amides is 1. The van der Waals surface area contributed by atoms with E-state index in [2.05, 4.69) is 26.5 Å². The van der Waals surface area contributed by atoms with Crippen LogP contribution in [0.25, 0.3) is 6.08 Å². The summed E-state index contributed by atoms with van der Waals surface area (Å²) in [6.07, 6.45) is 3.46. The molecule has 1 N–H and O–H groups in total. The van der Waals surface area contributed by atoms with Crippen molar-refractivity contribution < 1.29 is 4.79 Å². The average molecular weight is 329 g/mol. The molecule has 2 aromatic carbocycles. The average Bonchev–Trinajstić information content (AvgIpc) is 2.49. The SMILES string of the molecule is O=C(NN=CC(Br)=Cc1ccccc1)c1ccccc1. The molecule has 0 bridgehead atoms. The third-order valence-electron chi connectivity index (χ3n) is 2.49. The number of carbonyl (C=O) groups excluding carboxylic acids is 1. The molecule has 0 aliphatic heterocycles. The molecule has 2 aromatic rings. The molecule has 0 fully saturated rings. The Hall–Kier alpha value is -2.20. The normalized spacial score (nSPS) is 11.6. The molecule has 0 unspecified atom stereocenters. The summed E-state index contributed by atoms with van der Waals surface area (Å²) in [5.74, 6) is -0.234. The summed E-state index contributed by atoms with van der Waals surface area (Å²) in [7, 11) is 0. The van der Waals surface area contributed by atoms with Crippen molar-refractivity contribution in [3.05, 3.63) is 76.3 Å². The van der Waals surface area contributed by atoms with Crippen LogP contribution in [0, 0.1) is 0 Å². The van der Waals surface area contributed by atoms with Gasteiger partial charge in [0.2, 0.25) is 0 Å². The van der Waals surface area contributed by atoms with Crippen LogP contribution in [0.1, 0.15) is 15.9 Å². The molecule has 0 aliphatic rings. The number of carbonyl (C=O) groups is 1. The summed E-state index contributed by atoms with van der Waals surface area (Å²) in [4.78, 5) is 11.7. The van der Waals surface area contributed by atoms with Crippen LogP contribution in [0.4, 0.5) is 0 Å². The lowest BCUT2D eigenvalue weighted by molar-refractivity contribution is 0.0955. The first-order valence-electron chi connectivity index (χ1n) is 6.06. The number of nitrogens with zero attached hydrogens (tertiary/aromatic N) is 1. The molecule has 0 saturated heterocycles. The number of halogens is 1. The predicted molar refractivity (Wildman–Crippen MR) is 85.7 cm³/mol. The fourth-order valence-electron chi connectivity index (χ4n) is 1.55. The molecule has 0 atom stereocenters. The van der Waals surface area contributed by atoms with Gasteiger partial charge in [0.1, 0.15) is 0 Å². The van der Waals surface area contributed by atoms with Crippen molar-refractivity contribution in [3.63, 3.8) is 0 Å². The molecule has 0 saturated carbocycles. The Balaban J connectivity index is 1.94. The standard InChI is InChI=1S/C16H13BrN2O/c17-15(11-13-7-3-1-4-8-13)12-18-19-16(20)14-9-5-2-6-10-14/h1-12H,(H,19,20). The van der Waals surface area contributed by atoms with Gasteiger partial charge in [0, 0.05) is 10.0 Å². The minimum absolute atomic E-state index is 0.234. The first-order chi connectivity index (χ1) is 9.75. The summed E-state index contributed by atoms with van der Waals surface area (Å²) in [5, 5.41) is 3.90. The van der Waals surface area contributed by atoms with Gasteiger partial charge in [-0.25, -0.2) is 5.43 Å². The predicted octanol–water partition coefficient (Wildman–Crippen LogP) is 3.84. The quantitative estimate of drug-likeness (QED) is 0.672. The highest BCUT2D eigenvalue weighted by Crippen LogP contribution is 2.09. The highest BCUT2D eigenvalue weighted by atomic mass is 79.9. The summed E-state index contributed by atoms with van der Waals surface area (Å²) < 4.78 is 0.775. The van der Waals surface area contributed by atoms with E-state index in [4.69, 9.17) is 0 Å². The van der Waals surface area contributed by atoms with Gasteiger partial charge < -0.3 is 0 Å². The van der Waals surface area contributed by atoms with Crippen LogP contribution in [0.3, 0.4) is 0 Å². The molecule has 0 aliphatic carbocycles. The van der Waals surface area contributed by atoms with Gasteiger partial charge in [-0.15, -0.1) is 0 Å². The van der Waals surface area contributed by atoms with Gasteiger partial charge in [-0.05, 0) is 39.7 Å². The van der Waals surface area contributed by atoms with E-state index in [9.17, 15) is 4.79 Å². The monoisotopic (exact) mass is 328 g/mol. The van der Waals surface area contributed by atoms with Gasteiger partial charge in [-0.1, -0.05) is 48.5 Å². The van der Waals surface area contributed by atoms with Crippen molar-refractivity contribution in [2.75, 3.05) is 0 Å². The Morgan fingerprint density at radius 1 is 1.00 bits per heavy atom. The number of hydrogen-bond acceptors (Lipinski definition) is 2. The van der Waals surface area contributed by atoms with Crippen molar-refractivity contribution >= 4 is 34.1 Å². The Morgan fingerprint density at radius 2 is 1.60 bits per heavy atom. The van der Waals surface area contributed by atoms with Crippen molar-refractivity contribution in [1.82, 2.24) is 5.43 Å². The Morgan fingerprint density at radius 3 is 2.25 bits per heavy atom. The number of rotatable bonds is 4. The van der Waals surface area contributed by atoms with Crippen molar-refractivity contribution in [2.24, 2.45) is 5.10 Å². The van der Waals surface area contributed by atoms with Crippen LogP contribution in [-0.4, -0.2) is 12.1 Å². The maximum Gasteiger partial charge on any atom is 0.271 e. The van der Waals surface area contributed by atoms with E-state index in [-0.39, 0.29) is 5.91 Å². The highest BCUT2D eigenvalue weighted by molar-refractivity contribution is 9.12. The second-order valence-electron chi connectivity index (χ2n) is 4.01. The lowest BCUT2D eigenvalue weighted by Gasteiger charge is -1.98. The number of allylic oxidation sites excluding steroid dienone is 1. The molecule has 0 spiro atoms. The zero-order valence-electron chi connectivity index (χ0n) is 10.7. The van der Waals surface area contributed by atoms with Crippen LogP contribution in [0.15, 0.2) is 70.2 Å². The molecule has 1 amide bonds. The van der Waals surface area contributed by atoms with Gasteiger partial charge in [0.05, 0.1) is 6.21 Å². The number of hydrazone groups is 1. The highest BCUT2D eigenvalue weighted by Gasteiger charge is 2.01. The lowest BCUT2D eigenvalue weighted by Crippen LogP contribution is -2.17. The number of hydrogen-bond donors (Lipinski definition) is 1. The third kappa shape index (κ3) is 4.48. The fraction of sp³-hybridized carbons (Fsp3) is 0. The van der Waals surface area contributed by atoms with Crippen LogP contribution < -0.4 is 5.43 Å². The summed E-state index contributed by atoms with van der Waals surface area (Å²) in [6.45, 7) is 0. The maximum absolute atomic E-state index is 11.7. The second kappa shape index (κ2) is 7.40. The molecule has 2 rings (SSSR count). The second-order valence-corrected chi connectivity index (χ2v) is 4.92. The number of benzene rings is 2. The van der Waals surface area contributed by atoms with Crippen molar-refractivity contribution in [1.29, 1.82) is 0 Å². The van der Waals surface area contributed by atoms with Crippen molar-refractivity contribution in [3.8, 4) is 0 Å². The molecule has 0 radical (unpaired) electrons. The van der Waals surface area contributed by atoms with Crippen LogP contribution in [0.5, 0.6) is 0 Å². The topological polar surface area (TPSA) is 41.5 Å². The molecule has 3 nitrogen and oxygen atoms in total. The van der Waals surface area contributed by atoms with E-state index in [1.54, 1.807) is 18.3 Å². The van der Waals surface area contributed by atoms with Crippen molar-refractivity contribution in [2.45, 2.75) is 0 Å². The first-order valence-corrected chi connectivity index (χ1v) is 6.86. The van der Waals surface area contributed by atoms with E-state index >= 15 is 0 Å². The van der Waals surface area contributed by atoms with E-state index in [1.165, 1.54) is 0 Å². The van der Waals surface area contributed by atoms with E-state index in [0.717, 1.165) is 10.0 Å². The Kier molecular flexibility index (Phi) is 5.26. The minimum atomic E-state index is -0.234. The molecule has 20 heavy (non-hydrogen) atoms. The van der Waals surface area contributed by atoms with Crippen LogP contribution in [0.2, 0.25) is 0 Å². The van der Waals surface area contributed by atoms with Gasteiger partial charge in [0.25, 0.3) is 5.91 Å². The van der Waals surface area contributed by atoms with Gasteiger partial charge in [-0.3, -0.25) is 4.79 Å². The maximum atomic E-state index is 11.7. The summed E-state index contributed by atoms with van der Waals surface area (Å²) in [6, 6.07) is 18.8. The van der Waals surface area contributed by atoms with Crippen LogP contribution >= 0.6 is 15.9 Å². The molecule has 100 valence electrons. The van der Waals surface area contributed by atoms with Gasteiger partial charge >= 0.3 is 0 Å². The van der Waals surface area contributed by atoms with E-state index < -0.39 is 0 Å². The minimum Gasteiger partial charge on any atom is -0.267 e. The third-order valence-corrected chi connectivity index (χ3v) is 2.93. The summed E-state index contributed by atoms with van der Waals surface area (Å²) in [5.41, 5.74) is 4.11. The Bertz CT molecular complexity index is 621. The zero-order chi connectivity index (χ0) is 14.2. The smallest absolute Gasteiger partial charge is 0.267 e. The molecule has 0 heterocycles. The van der Waals surface area contributed by atoms with E-state index in [1.807, 2.05) is 54.6 Å². The first kappa shape index (κ1) is 14.2. The molecular formula is C16H13BrN2O. The summed E-state index contributed by atoms with van der Waals surface area (Å²) >= 11 is 3.38. The largest absolute Gasteiger partial charge is 0.271 e. The molecule has 4 heteroatoms. The zero-order valence-corrected chi connectivity index (χ0v) is 12.2. The molecule has 0 aromatic heterocycles. The lowest BCUT2D eigenvalue weighted by atomic mass is 10.2. The number of nitrogens with one attached hydrogen (secondary N) is 1. The fourth-order valence-corrected chi connectivity index (χ4v) is 1.92. The van der Waals surface area contributed by atoms with Crippen LogP contribution in [-0.2, 0) is 0 Å². The Labute approximate surface area is 126 Å².